The Morgan fingerprint density at radius 1 is 1.28 bits per heavy atom. The second-order valence-corrected chi connectivity index (χ2v) is 8.48. The summed E-state index contributed by atoms with van der Waals surface area (Å²) in [5.74, 6) is 0.587. The molecule has 1 saturated carbocycles. The third-order valence-corrected chi connectivity index (χ3v) is 6.41. The molecule has 0 spiro atoms. The van der Waals surface area contributed by atoms with Gasteiger partial charge in [-0.3, -0.25) is 19.1 Å². The Labute approximate surface area is 181 Å². The normalized spacial score (nSPS) is 26.4. The molecule has 2 aromatic rings. The number of aromatic nitrogens is 3. The molecule has 2 aromatic heterocycles. The molecule has 5 rings (SSSR count). The largest absolute Gasteiger partial charge is 0.408 e. The van der Waals surface area contributed by atoms with Crippen LogP contribution in [0.2, 0.25) is 0 Å². The van der Waals surface area contributed by atoms with Crippen molar-refractivity contribution in [1.82, 2.24) is 14.5 Å². The Balaban J connectivity index is 1.44. The van der Waals surface area contributed by atoms with Gasteiger partial charge in [-0.2, -0.15) is 18.2 Å². The van der Waals surface area contributed by atoms with Crippen LogP contribution in [-0.2, 0) is 11.3 Å². The molecule has 4 atom stereocenters. The van der Waals surface area contributed by atoms with Crippen molar-refractivity contribution in [2.24, 2.45) is 11.8 Å². The van der Waals surface area contributed by atoms with Crippen molar-refractivity contribution in [3.8, 4) is 0 Å². The van der Waals surface area contributed by atoms with Crippen molar-refractivity contribution < 1.29 is 22.7 Å². The van der Waals surface area contributed by atoms with Gasteiger partial charge in [0.15, 0.2) is 5.78 Å². The minimum atomic E-state index is -4.58. The van der Waals surface area contributed by atoms with Crippen molar-refractivity contribution in [1.29, 1.82) is 0 Å². The van der Waals surface area contributed by atoms with Crippen LogP contribution in [0.5, 0.6) is 0 Å². The molecular formula is C21H22F3N5O3. The number of rotatable bonds is 6. The van der Waals surface area contributed by atoms with Crippen LogP contribution in [-0.4, -0.2) is 58.3 Å². The zero-order valence-electron chi connectivity index (χ0n) is 17.1. The van der Waals surface area contributed by atoms with Gasteiger partial charge in [0.25, 0.3) is 5.56 Å². The van der Waals surface area contributed by atoms with Crippen LogP contribution in [0, 0.1) is 11.8 Å². The van der Waals surface area contributed by atoms with Gasteiger partial charge in [-0.05, 0) is 36.8 Å². The van der Waals surface area contributed by atoms with E-state index >= 15 is 0 Å². The van der Waals surface area contributed by atoms with E-state index in [1.54, 1.807) is 0 Å². The summed E-state index contributed by atoms with van der Waals surface area (Å²) >= 11 is 0. The van der Waals surface area contributed by atoms with Crippen LogP contribution in [0.25, 0.3) is 0 Å². The number of nitrogens with zero attached hydrogens (tertiary/aromatic N) is 4. The lowest BCUT2D eigenvalue weighted by atomic mass is 10.1. The molecule has 170 valence electrons. The first kappa shape index (κ1) is 20.9. The minimum Gasteiger partial charge on any atom is -0.376 e. The molecule has 0 bridgehead atoms. The van der Waals surface area contributed by atoms with Crippen LogP contribution in [0.1, 0.15) is 23.2 Å². The lowest BCUT2D eigenvalue weighted by molar-refractivity contribution is -0.152. The molecule has 0 radical (unpaired) electrons. The number of anilines is 2. The fraction of sp³-hybridized carbons (Fsp3) is 0.524. The van der Waals surface area contributed by atoms with E-state index < -0.39 is 30.1 Å². The lowest BCUT2D eigenvalue weighted by Crippen LogP contribution is -2.54. The van der Waals surface area contributed by atoms with Gasteiger partial charge < -0.3 is 15.0 Å². The summed E-state index contributed by atoms with van der Waals surface area (Å²) in [6.45, 7) is 0.464. The predicted molar refractivity (Wildman–Crippen MR) is 109 cm³/mol. The van der Waals surface area contributed by atoms with E-state index in [0.29, 0.717) is 18.4 Å². The molecule has 2 aliphatic heterocycles. The lowest BCUT2D eigenvalue weighted by Gasteiger charge is -2.38. The number of hydrogen-bond donors (Lipinski definition) is 1. The second kappa shape index (κ2) is 7.88. The molecule has 11 heteroatoms. The molecule has 1 saturated heterocycles. The number of pyridine rings is 1. The topological polar surface area (TPSA) is 89.4 Å². The summed E-state index contributed by atoms with van der Waals surface area (Å²) in [4.78, 5) is 34.4. The maximum absolute atomic E-state index is 13.8. The molecule has 8 nitrogen and oxygen atoms in total. The number of ketones is 1. The van der Waals surface area contributed by atoms with Crippen molar-refractivity contribution in [2.45, 2.75) is 37.7 Å². The maximum Gasteiger partial charge on any atom is 0.408 e. The quantitative estimate of drug-likeness (QED) is 0.676. The first-order valence-electron chi connectivity index (χ1n) is 10.5. The highest BCUT2D eigenvalue weighted by Crippen LogP contribution is 2.47. The zero-order chi connectivity index (χ0) is 22.5. The average Bonchev–Trinajstić information content (AvgIpc) is 3.44. The Hall–Kier alpha value is -2.95. The summed E-state index contributed by atoms with van der Waals surface area (Å²) < 4.78 is 48.4. The molecule has 32 heavy (non-hydrogen) atoms. The molecule has 2 fully saturated rings. The smallest absolute Gasteiger partial charge is 0.376 e. The van der Waals surface area contributed by atoms with Gasteiger partial charge in [-0.15, -0.1) is 0 Å². The second-order valence-electron chi connectivity index (χ2n) is 8.48. The highest BCUT2D eigenvalue weighted by atomic mass is 19.4. The van der Waals surface area contributed by atoms with E-state index in [1.807, 2.05) is 0 Å². The van der Waals surface area contributed by atoms with E-state index in [0.717, 1.165) is 17.9 Å². The number of ether oxygens (including phenoxy) is 1. The van der Waals surface area contributed by atoms with Gasteiger partial charge in [0.1, 0.15) is 11.9 Å². The Morgan fingerprint density at radius 3 is 2.72 bits per heavy atom. The summed E-state index contributed by atoms with van der Waals surface area (Å²) in [5, 5.41) is 3.04. The van der Waals surface area contributed by atoms with E-state index in [9.17, 15) is 22.8 Å². The number of fused-ring (bicyclic) bond motifs is 2. The summed E-state index contributed by atoms with van der Waals surface area (Å²) in [6.07, 6.45) is -0.993. The number of alkyl halides is 3. The number of halogens is 3. The summed E-state index contributed by atoms with van der Waals surface area (Å²) in [7, 11) is 0. The highest BCUT2D eigenvalue weighted by Gasteiger charge is 2.49. The molecule has 1 N–H and O–H groups in total. The van der Waals surface area contributed by atoms with E-state index in [2.05, 4.69) is 15.3 Å². The van der Waals surface area contributed by atoms with Crippen molar-refractivity contribution in [3.05, 3.63) is 46.5 Å². The van der Waals surface area contributed by atoms with Gasteiger partial charge in [0.05, 0.1) is 19.3 Å². The van der Waals surface area contributed by atoms with Crippen LogP contribution < -0.4 is 15.8 Å². The molecule has 4 heterocycles. The molecule has 0 aromatic carbocycles. The number of Topliss-reactive ketones (excluding diaryl/α,β-unsaturated/α-hetero) is 1. The number of hydrogen-bond acceptors (Lipinski definition) is 7. The van der Waals surface area contributed by atoms with E-state index in [-0.39, 0.29) is 36.4 Å². The fourth-order valence-electron chi connectivity index (χ4n) is 4.57. The third-order valence-electron chi connectivity index (χ3n) is 6.41. The van der Waals surface area contributed by atoms with Crippen LogP contribution in [0.15, 0.2) is 35.4 Å². The summed E-state index contributed by atoms with van der Waals surface area (Å²) in [6, 6.07) is 2.25. The Bertz CT molecular complexity index is 1070. The van der Waals surface area contributed by atoms with Crippen LogP contribution >= 0.6 is 0 Å². The van der Waals surface area contributed by atoms with Gasteiger partial charge in [0, 0.05) is 37.1 Å². The van der Waals surface area contributed by atoms with Crippen molar-refractivity contribution in [2.75, 3.05) is 29.9 Å². The molecule has 0 amide bonds. The fourth-order valence-corrected chi connectivity index (χ4v) is 4.57. The van der Waals surface area contributed by atoms with Crippen molar-refractivity contribution in [3.63, 3.8) is 0 Å². The highest BCUT2D eigenvalue weighted by molar-refractivity contribution is 5.99. The van der Waals surface area contributed by atoms with Gasteiger partial charge in [-0.1, -0.05) is 0 Å². The number of carbonyl (C=O) groups excluding carboxylic acids is 1. The zero-order valence-corrected chi connectivity index (χ0v) is 17.1. The molecule has 3 aliphatic rings. The van der Waals surface area contributed by atoms with Crippen LogP contribution in [0.4, 0.5) is 24.9 Å². The SMILES string of the molecule is O=C(CN1c2nc(NC[C@H]3OCC4CC43)cc(=O)n2CC[C@H]1C(F)(F)F)c1ccncc1. The van der Waals surface area contributed by atoms with E-state index in [1.165, 1.54) is 35.2 Å². The third kappa shape index (κ3) is 3.96. The average molecular weight is 449 g/mol. The Kier molecular flexibility index (Phi) is 5.15. The minimum absolute atomic E-state index is 0.00730. The van der Waals surface area contributed by atoms with Gasteiger partial charge >= 0.3 is 6.18 Å². The van der Waals surface area contributed by atoms with Crippen molar-refractivity contribution >= 4 is 17.5 Å². The van der Waals surface area contributed by atoms with Gasteiger partial charge in [-0.25, -0.2) is 0 Å². The molecular weight excluding hydrogens is 427 g/mol. The number of carbonyl (C=O) groups is 1. The van der Waals surface area contributed by atoms with E-state index in [4.69, 9.17) is 4.74 Å². The van der Waals surface area contributed by atoms with Crippen LogP contribution in [0.3, 0.4) is 0 Å². The Morgan fingerprint density at radius 2 is 2.06 bits per heavy atom. The maximum atomic E-state index is 13.8. The first-order chi connectivity index (χ1) is 15.3. The standard InChI is InChI=1S/C21H22F3N5O3/c22-21(23,24)17-3-6-28-19(31)8-18(26-9-16-14-7-13(14)11-32-16)27-20(28)29(17)10-15(30)12-1-4-25-5-2-12/h1-2,4-5,8,13-14,16-17,26H,3,6-7,9-11H2/t13?,14?,16-,17+/m1/s1. The first-order valence-corrected chi connectivity index (χ1v) is 10.5. The number of nitrogens with one attached hydrogen (secondary N) is 1. The monoisotopic (exact) mass is 449 g/mol. The summed E-state index contributed by atoms with van der Waals surface area (Å²) in [5.41, 5.74) is -0.219. The molecule has 1 aliphatic carbocycles. The molecule has 2 unspecified atom stereocenters. The van der Waals surface area contributed by atoms with Gasteiger partial charge in [0.2, 0.25) is 5.95 Å². The predicted octanol–water partition coefficient (Wildman–Crippen LogP) is 2.11.